The van der Waals surface area contributed by atoms with E-state index >= 15 is 0 Å². The number of ketones is 1. The van der Waals surface area contributed by atoms with Crippen molar-refractivity contribution in [2.75, 3.05) is 0 Å². The highest BCUT2D eigenvalue weighted by Gasteiger charge is 2.43. The fraction of sp³-hybridized carbons (Fsp3) is 0.875. The molecule has 0 aromatic rings. The van der Waals surface area contributed by atoms with E-state index in [9.17, 15) is 4.79 Å². The highest BCUT2D eigenvalue weighted by Crippen LogP contribution is 2.45. The number of fused-ring (bicyclic) bond motifs is 2. The second-order valence-corrected chi connectivity index (χ2v) is 3.46. The molecule has 2 fully saturated rings. The molecule has 2 aliphatic rings. The molecule has 0 aromatic carbocycles. The highest BCUT2D eigenvalue weighted by molar-refractivity contribution is 5.86. The van der Waals surface area contributed by atoms with Gasteiger partial charge in [-0.1, -0.05) is 6.92 Å². The first-order valence-electron chi connectivity index (χ1n) is 3.83. The van der Waals surface area contributed by atoms with Crippen LogP contribution in [-0.2, 0) is 4.79 Å². The second kappa shape index (κ2) is 1.59. The lowest BCUT2D eigenvalue weighted by molar-refractivity contribution is -0.125. The minimum Gasteiger partial charge on any atom is -0.299 e. The minimum absolute atomic E-state index is 0.406. The molecule has 2 aliphatic carbocycles. The first-order valence-corrected chi connectivity index (χ1v) is 3.83. The van der Waals surface area contributed by atoms with Crippen molar-refractivity contribution >= 4 is 5.78 Å². The van der Waals surface area contributed by atoms with Crippen molar-refractivity contribution < 1.29 is 4.79 Å². The van der Waals surface area contributed by atoms with Gasteiger partial charge in [0, 0.05) is 11.8 Å². The zero-order valence-electron chi connectivity index (χ0n) is 5.76. The fourth-order valence-electron chi connectivity index (χ4n) is 2.33. The Morgan fingerprint density at radius 2 is 2.22 bits per heavy atom. The number of hydrogen-bond acceptors (Lipinski definition) is 1. The summed E-state index contributed by atoms with van der Waals surface area (Å²) >= 11 is 0. The van der Waals surface area contributed by atoms with E-state index in [1.54, 1.807) is 0 Å². The molecule has 0 saturated heterocycles. The molecule has 9 heavy (non-hydrogen) atoms. The van der Waals surface area contributed by atoms with Crippen molar-refractivity contribution in [1.29, 1.82) is 0 Å². The van der Waals surface area contributed by atoms with Crippen molar-refractivity contribution in [3.63, 3.8) is 0 Å². The van der Waals surface area contributed by atoms with E-state index < -0.39 is 0 Å². The predicted molar refractivity (Wildman–Crippen MR) is 35.0 cm³/mol. The maximum atomic E-state index is 11.2. The Labute approximate surface area is 55.4 Å². The van der Waals surface area contributed by atoms with Crippen LogP contribution in [0.1, 0.15) is 26.2 Å². The van der Waals surface area contributed by atoms with E-state index in [-0.39, 0.29) is 0 Å². The van der Waals surface area contributed by atoms with E-state index in [0.717, 1.165) is 5.92 Å². The topological polar surface area (TPSA) is 17.1 Å². The highest BCUT2D eigenvalue weighted by atomic mass is 16.1. The van der Waals surface area contributed by atoms with Crippen LogP contribution >= 0.6 is 0 Å². The molecule has 0 heterocycles. The number of carbonyl (C=O) groups excluding carboxylic acids is 1. The molecule has 0 spiro atoms. The molecule has 0 amide bonds. The smallest absolute Gasteiger partial charge is 0.139 e. The van der Waals surface area contributed by atoms with Gasteiger partial charge in [0.25, 0.3) is 0 Å². The van der Waals surface area contributed by atoms with Gasteiger partial charge < -0.3 is 0 Å². The third-order valence-corrected chi connectivity index (χ3v) is 3.03. The van der Waals surface area contributed by atoms with Gasteiger partial charge in [0.15, 0.2) is 0 Å². The Morgan fingerprint density at radius 1 is 1.44 bits per heavy atom. The fourth-order valence-corrected chi connectivity index (χ4v) is 2.33. The number of rotatable bonds is 0. The molecular weight excluding hydrogens is 112 g/mol. The van der Waals surface area contributed by atoms with Gasteiger partial charge in [0.05, 0.1) is 0 Å². The van der Waals surface area contributed by atoms with Crippen molar-refractivity contribution in [3.8, 4) is 0 Å². The Balaban J connectivity index is 2.25. The molecule has 2 saturated carbocycles. The van der Waals surface area contributed by atoms with E-state index in [4.69, 9.17) is 0 Å². The summed E-state index contributed by atoms with van der Waals surface area (Å²) in [5, 5.41) is 0. The minimum atomic E-state index is 0.406. The molecule has 0 aromatic heterocycles. The third-order valence-electron chi connectivity index (χ3n) is 3.03. The maximum absolute atomic E-state index is 11.2. The predicted octanol–water partition coefficient (Wildman–Crippen LogP) is 1.62. The lowest BCUT2D eigenvalue weighted by Crippen LogP contribution is -2.18. The largest absolute Gasteiger partial charge is 0.299 e. The van der Waals surface area contributed by atoms with Crippen LogP contribution in [0.15, 0.2) is 0 Å². The Bertz CT molecular complexity index is 147. The van der Waals surface area contributed by atoms with Gasteiger partial charge >= 0.3 is 0 Å². The lowest BCUT2D eigenvalue weighted by Gasteiger charge is -2.14. The molecule has 2 bridgehead atoms. The van der Waals surface area contributed by atoms with E-state index in [1.165, 1.54) is 19.3 Å². The number of carbonyl (C=O) groups is 1. The van der Waals surface area contributed by atoms with Crippen molar-refractivity contribution in [2.24, 2.45) is 17.8 Å². The molecule has 0 radical (unpaired) electrons. The van der Waals surface area contributed by atoms with Gasteiger partial charge in [0.2, 0.25) is 0 Å². The van der Waals surface area contributed by atoms with Crippen LogP contribution in [0.2, 0.25) is 0 Å². The van der Waals surface area contributed by atoms with Gasteiger partial charge in [-0.3, -0.25) is 4.79 Å². The van der Waals surface area contributed by atoms with Crippen LogP contribution < -0.4 is 0 Å². The number of Topliss-reactive ketones (excluding diaryl/α,β-unsaturated/α-hetero) is 1. The summed E-state index contributed by atoms with van der Waals surface area (Å²) < 4.78 is 0. The Hall–Kier alpha value is -0.330. The van der Waals surface area contributed by atoms with Crippen LogP contribution in [0.4, 0.5) is 0 Å². The molecule has 0 N–H and O–H groups in total. The molecule has 2 rings (SSSR count). The molecular formula is C8H12O. The van der Waals surface area contributed by atoms with Crippen LogP contribution in [0.3, 0.4) is 0 Å². The summed E-state index contributed by atoms with van der Waals surface area (Å²) in [7, 11) is 0. The lowest BCUT2D eigenvalue weighted by atomic mass is 9.89. The van der Waals surface area contributed by atoms with Gasteiger partial charge in [0.1, 0.15) is 5.78 Å². The Kier molecular flexibility index (Phi) is 0.961. The van der Waals surface area contributed by atoms with Gasteiger partial charge in [-0.25, -0.2) is 0 Å². The normalized spacial score (nSPS) is 48.6. The number of hydrogen-bond donors (Lipinski definition) is 0. The van der Waals surface area contributed by atoms with E-state index in [2.05, 4.69) is 6.92 Å². The summed E-state index contributed by atoms with van der Waals surface area (Å²) in [6, 6.07) is 0. The zero-order chi connectivity index (χ0) is 6.43. The van der Waals surface area contributed by atoms with Crippen LogP contribution in [-0.4, -0.2) is 5.78 Å². The standard InChI is InChI=1S/C8H12O/c1-5-6-2-3-7(4-6)8(5)9/h5-7H,2-4H2,1H3/t5-,6-,7+/m1/s1. The SMILES string of the molecule is C[C@H]1C(=O)[C@H]2CC[C@@H]1C2. The summed E-state index contributed by atoms with van der Waals surface area (Å²) in [4.78, 5) is 11.2. The van der Waals surface area contributed by atoms with Crippen molar-refractivity contribution in [3.05, 3.63) is 0 Å². The summed E-state index contributed by atoms with van der Waals surface area (Å²) in [6.45, 7) is 2.09. The molecule has 0 unspecified atom stereocenters. The maximum Gasteiger partial charge on any atom is 0.139 e. The Morgan fingerprint density at radius 3 is 2.56 bits per heavy atom. The average Bonchev–Trinajstić information content (AvgIpc) is 2.37. The van der Waals surface area contributed by atoms with Gasteiger partial charge in [-0.05, 0) is 25.2 Å². The van der Waals surface area contributed by atoms with Crippen molar-refractivity contribution in [2.45, 2.75) is 26.2 Å². The average molecular weight is 124 g/mol. The van der Waals surface area contributed by atoms with Crippen LogP contribution in [0.5, 0.6) is 0 Å². The second-order valence-electron chi connectivity index (χ2n) is 3.46. The molecule has 50 valence electrons. The van der Waals surface area contributed by atoms with Gasteiger partial charge in [-0.15, -0.1) is 0 Å². The van der Waals surface area contributed by atoms with Crippen LogP contribution in [0, 0.1) is 17.8 Å². The van der Waals surface area contributed by atoms with Crippen molar-refractivity contribution in [1.82, 2.24) is 0 Å². The first-order chi connectivity index (χ1) is 4.29. The van der Waals surface area contributed by atoms with Crippen LogP contribution in [0.25, 0.3) is 0 Å². The summed E-state index contributed by atoms with van der Waals surface area (Å²) in [5.41, 5.74) is 0. The molecule has 1 nitrogen and oxygen atoms in total. The third kappa shape index (κ3) is 0.577. The monoisotopic (exact) mass is 124 g/mol. The first kappa shape index (κ1) is 5.45. The van der Waals surface area contributed by atoms with Gasteiger partial charge in [-0.2, -0.15) is 0 Å². The molecule has 1 heteroatoms. The quantitative estimate of drug-likeness (QED) is 0.479. The zero-order valence-corrected chi connectivity index (χ0v) is 5.76. The molecule has 0 aliphatic heterocycles. The summed E-state index contributed by atoms with van der Waals surface area (Å²) in [6.07, 6.45) is 3.71. The van der Waals surface area contributed by atoms with E-state index in [0.29, 0.717) is 17.6 Å². The van der Waals surface area contributed by atoms with E-state index in [1.807, 2.05) is 0 Å². The molecule has 3 atom stereocenters. The summed E-state index contributed by atoms with van der Waals surface area (Å²) in [5.74, 6) is 2.20.